The van der Waals surface area contributed by atoms with E-state index in [1.165, 1.54) is 38.6 Å². The van der Waals surface area contributed by atoms with Crippen molar-refractivity contribution in [2.24, 2.45) is 5.41 Å². The van der Waals surface area contributed by atoms with E-state index < -0.39 is 0 Å². The number of hydrogen-bond donors (Lipinski definition) is 0. The molecular weight excluding hydrogens is 174 g/mol. The molecule has 1 rings (SSSR count). The van der Waals surface area contributed by atoms with Crippen molar-refractivity contribution >= 4 is 0 Å². The van der Waals surface area contributed by atoms with Crippen molar-refractivity contribution in [3.05, 3.63) is 0 Å². The van der Waals surface area contributed by atoms with Gasteiger partial charge in [0.2, 0.25) is 0 Å². The van der Waals surface area contributed by atoms with Gasteiger partial charge in [-0.25, -0.2) is 0 Å². The molecule has 0 aromatic heterocycles. The van der Waals surface area contributed by atoms with E-state index in [0.29, 0.717) is 5.41 Å². The molecule has 1 atom stereocenters. The van der Waals surface area contributed by atoms with Crippen LogP contribution in [0.25, 0.3) is 0 Å². The molecule has 0 aromatic carbocycles. The fourth-order valence-electron chi connectivity index (χ4n) is 2.31. The highest BCUT2D eigenvalue weighted by molar-refractivity contribution is 4.80. The van der Waals surface area contributed by atoms with Crippen LogP contribution < -0.4 is 0 Å². The van der Waals surface area contributed by atoms with Crippen LogP contribution in [0.3, 0.4) is 0 Å². The number of ether oxygens (including phenoxy) is 1. The summed E-state index contributed by atoms with van der Waals surface area (Å²) in [7, 11) is 4.33. The highest BCUT2D eigenvalue weighted by Crippen LogP contribution is 2.37. The average molecular weight is 199 g/mol. The van der Waals surface area contributed by atoms with E-state index in [2.05, 4.69) is 25.9 Å². The smallest absolute Gasteiger partial charge is 0.0471 e. The summed E-state index contributed by atoms with van der Waals surface area (Å²) in [5.41, 5.74) is 0.570. The Kier molecular flexibility index (Phi) is 4.90. The summed E-state index contributed by atoms with van der Waals surface area (Å²) in [6.45, 7) is 5.50. The Balaban J connectivity index is 2.45. The SMILES string of the molecule is CCC1(CCN(C)C)CCCOCC1. The molecular formula is C12H25NO. The predicted octanol–water partition coefficient (Wildman–Crippen LogP) is 2.54. The number of hydrogen-bond acceptors (Lipinski definition) is 2. The summed E-state index contributed by atoms with van der Waals surface area (Å²) >= 11 is 0. The zero-order valence-electron chi connectivity index (χ0n) is 10.0. The molecule has 2 heteroatoms. The Morgan fingerprint density at radius 2 is 2.00 bits per heavy atom. The molecule has 0 bridgehead atoms. The molecule has 0 saturated carbocycles. The lowest BCUT2D eigenvalue weighted by Crippen LogP contribution is -2.26. The van der Waals surface area contributed by atoms with Gasteiger partial charge >= 0.3 is 0 Å². The summed E-state index contributed by atoms with van der Waals surface area (Å²) in [5.74, 6) is 0. The number of rotatable bonds is 4. The first-order valence-electron chi connectivity index (χ1n) is 5.91. The van der Waals surface area contributed by atoms with Crippen molar-refractivity contribution in [3.8, 4) is 0 Å². The van der Waals surface area contributed by atoms with Crippen molar-refractivity contribution in [3.63, 3.8) is 0 Å². The van der Waals surface area contributed by atoms with Gasteiger partial charge < -0.3 is 9.64 Å². The monoisotopic (exact) mass is 199 g/mol. The third-order valence-electron chi connectivity index (χ3n) is 3.61. The minimum Gasteiger partial charge on any atom is -0.381 e. The second kappa shape index (κ2) is 5.72. The first kappa shape index (κ1) is 12.0. The molecule has 1 saturated heterocycles. The molecule has 1 aliphatic heterocycles. The molecule has 0 amide bonds. The topological polar surface area (TPSA) is 12.5 Å². The molecule has 1 fully saturated rings. The minimum absolute atomic E-state index is 0.570. The van der Waals surface area contributed by atoms with Crippen LogP contribution >= 0.6 is 0 Å². The van der Waals surface area contributed by atoms with Crippen LogP contribution in [0.1, 0.15) is 39.0 Å². The molecule has 0 aliphatic carbocycles. The van der Waals surface area contributed by atoms with Crippen LogP contribution in [0.15, 0.2) is 0 Å². The lowest BCUT2D eigenvalue weighted by atomic mass is 9.75. The maximum Gasteiger partial charge on any atom is 0.0471 e. The maximum absolute atomic E-state index is 5.54. The quantitative estimate of drug-likeness (QED) is 0.690. The highest BCUT2D eigenvalue weighted by atomic mass is 16.5. The summed E-state index contributed by atoms with van der Waals surface area (Å²) in [6, 6.07) is 0. The van der Waals surface area contributed by atoms with Gasteiger partial charge in [0, 0.05) is 13.2 Å². The maximum atomic E-state index is 5.54. The van der Waals surface area contributed by atoms with Gasteiger partial charge in [-0.1, -0.05) is 13.3 Å². The van der Waals surface area contributed by atoms with Crippen LogP contribution in [0, 0.1) is 5.41 Å². The zero-order chi connectivity index (χ0) is 10.4. The van der Waals surface area contributed by atoms with Gasteiger partial charge in [0.15, 0.2) is 0 Å². The van der Waals surface area contributed by atoms with E-state index in [1.54, 1.807) is 0 Å². The summed E-state index contributed by atoms with van der Waals surface area (Å²) in [4.78, 5) is 2.29. The van der Waals surface area contributed by atoms with E-state index in [-0.39, 0.29) is 0 Å². The van der Waals surface area contributed by atoms with Crippen molar-refractivity contribution < 1.29 is 4.74 Å². The first-order valence-corrected chi connectivity index (χ1v) is 5.91. The molecule has 84 valence electrons. The van der Waals surface area contributed by atoms with Gasteiger partial charge in [-0.05, 0) is 51.7 Å². The Hall–Kier alpha value is -0.0800. The van der Waals surface area contributed by atoms with Crippen LogP contribution in [0.5, 0.6) is 0 Å². The van der Waals surface area contributed by atoms with Gasteiger partial charge in [-0.15, -0.1) is 0 Å². The average Bonchev–Trinajstić information content (AvgIpc) is 2.41. The molecule has 1 aliphatic rings. The van der Waals surface area contributed by atoms with E-state index in [4.69, 9.17) is 4.74 Å². The van der Waals surface area contributed by atoms with E-state index in [1.807, 2.05) is 0 Å². The molecule has 1 unspecified atom stereocenters. The van der Waals surface area contributed by atoms with Crippen molar-refractivity contribution in [1.82, 2.24) is 4.90 Å². The third-order valence-corrected chi connectivity index (χ3v) is 3.61. The standard InChI is InChI=1S/C12H25NO/c1-4-12(7-9-13(2)3)6-5-10-14-11-8-12/h4-11H2,1-3H3. The molecule has 1 heterocycles. The second-order valence-electron chi connectivity index (χ2n) is 4.87. The fraction of sp³-hybridized carbons (Fsp3) is 1.00. The molecule has 0 spiro atoms. The van der Waals surface area contributed by atoms with Crippen molar-refractivity contribution in [2.75, 3.05) is 33.9 Å². The predicted molar refractivity (Wildman–Crippen MR) is 60.6 cm³/mol. The van der Waals surface area contributed by atoms with Gasteiger partial charge in [0.05, 0.1) is 0 Å². The van der Waals surface area contributed by atoms with E-state index in [9.17, 15) is 0 Å². The second-order valence-corrected chi connectivity index (χ2v) is 4.87. The molecule has 0 N–H and O–H groups in total. The summed E-state index contributed by atoms with van der Waals surface area (Å²) in [5, 5.41) is 0. The van der Waals surface area contributed by atoms with E-state index in [0.717, 1.165) is 13.2 Å². The van der Waals surface area contributed by atoms with Crippen LogP contribution in [0.2, 0.25) is 0 Å². The van der Waals surface area contributed by atoms with Crippen LogP contribution in [0.4, 0.5) is 0 Å². The Labute approximate surface area is 88.6 Å². The molecule has 0 aromatic rings. The molecule has 14 heavy (non-hydrogen) atoms. The fourth-order valence-corrected chi connectivity index (χ4v) is 2.31. The Morgan fingerprint density at radius 3 is 2.64 bits per heavy atom. The third kappa shape index (κ3) is 3.58. The van der Waals surface area contributed by atoms with Crippen molar-refractivity contribution in [1.29, 1.82) is 0 Å². The lowest BCUT2D eigenvalue weighted by molar-refractivity contribution is 0.123. The molecule has 0 radical (unpaired) electrons. The van der Waals surface area contributed by atoms with Gasteiger partial charge in [-0.2, -0.15) is 0 Å². The van der Waals surface area contributed by atoms with Crippen molar-refractivity contribution in [2.45, 2.75) is 39.0 Å². The van der Waals surface area contributed by atoms with E-state index >= 15 is 0 Å². The normalized spacial score (nSPS) is 29.1. The van der Waals surface area contributed by atoms with Gasteiger partial charge in [-0.3, -0.25) is 0 Å². The van der Waals surface area contributed by atoms with Crippen LogP contribution in [-0.2, 0) is 4.74 Å². The van der Waals surface area contributed by atoms with Gasteiger partial charge in [0.1, 0.15) is 0 Å². The van der Waals surface area contributed by atoms with Crippen LogP contribution in [-0.4, -0.2) is 38.8 Å². The number of nitrogens with zero attached hydrogens (tertiary/aromatic N) is 1. The highest BCUT2D eigenvalue weighted by Gasteiger charge is 2.28. The molecule has 2 nitrogen and oxygen atoms in total. The first-order chi connectivity index (χ1) is 6.68. The summed E-state index contributed by atoms with van der Waals surface area (Å²) in [6.07, 6.45) is 6.51. The van der Waals surface area contributed by atoms with Gasteiger partial charge in [0.25, 0.3) is 0 Å². The summed E-state index contributed by atoms with van der Waals surface area (Å²) < 4.78 is 5.54. The minimum atomic E-state index is 0.570. The lowest BCUT2D eigenvalue weighted by Gasteiger charge is -2.32. The Morgan fingerprint density at radius 1 is 1.21 bits per heavy atom. The Bertz CT molecular complexity index is 148. The zero-order valence-corrected chi connectivity index (χ0v) is 10.0. The largest absolute Gasteiger partial charge is 0.381 e.